The first kappa shape index (κ1) is 18.8. The highest BCUT2D eigenvalue weighted by atomic mass is 35.5. The molecule has 2 aliphatic rings. The van der Waals surface area contributed by atoms with Gasteiger partial charge in [-0.1, -0.05) is 48.3 Å². The maximum atomic E-state index is 13.4. The Balaban J connectivity index is 1.83. The number of nitrogens with zero attached hydrogens (tertiary/aromatic N) is 1. The molecule has 0 radical (unpaired) electrons. The molecule has 1 saturated carbocycles. The Bertz CT molecular complexity index is 865. The maximum absolute atomic E-state index is 13.4. The molecule has 1 amide bonds. The molecule has 1 atom stereocenters. The van der Waals surface area contributed by atoms with E-state index in [4.69, 9.17) is 23.2 Å². The van der Waals surface area contributed by atoms with Gasteiger partial charge in [0, 0.05) is 34.3 Å². The van der Waals surface area contributed by atoms with Gasteiger partial charge in [0.05, 0.1) is 0 Å². The molecule has 0 aromatic heterocycles. The van der Waals surface area contributed by atoms with Crippen molar-refractivity contribution < 1.29 is 4.79 Å². The first-order valence-electron chi connectivity index (χ1n) is 9.64. The third kappa shape index (κ3) is 3.61. The molecule has 1 aliphatic heterocycles. The van der Waals surface area contributed by atoms with E-state index in [1.54, 1.807) is 0 Å². The number of hydrogen-bond donors (Lipinski definition) is 1. The van der Waals surface area contributed by atoms with E-state index >= 15 is 0 Å². The lowest BCUT2D eigenvalue weighted by atomic mass is 9.82. The van der Waals surface area contributed by atoms with Gasteiger partial charge in [-0.2, -0.15) is 0 Å². The number of carbonyl (C=O) groups is 1. The Labute approximate surface area is 170 Å². The first-order chi connectivity index (χ1) is 13.0. The summed E-state index contributed by atoms with van der Waals surface area (Å²) >= 11 is 12.4. The van der Waals surface area contributed by atoms with Crippen molar-refractivity contribution in [1.82, 2.24) is 4.90 Å². The van der Waals surface area contributed by atoms with Gasteiger partial charge in [-0.05, 0) is 61.6 Å². The highest BCUT2D eigenvalue weighted by Gasteiger charge is 2.51. The molecule has 27 heavy (non-hydrogen) atoms. The van der Waals surface area contributed by atoms with Crippen LogP contribution < -0.4 is 5.32 Å². The zero-order valence-electron chi connectivity index (χ0n) is 15.5. The zero-order chi connectivity index (χ0) is 19.0. The van der Waals surface area contributed by atoms with E-state index in [9.17, 15) is 4.79 Å². The molecule has 3 nitrogen and oxygen atoms in total. The first-order valence-corrected chi connectivity index (χ1v) is 10.4. The van der Waals surface area contributed by atoms with Crippen LogP contribution in [0.4, 0.5) is 5.69 Å². The molecule has 1 N–H and O–H groups in total. The quantitative estimate of drug-likeness (QED) is 0.662. The van der Waals surface area contributed by atoms with Gasteiger partial charge in [-0.3, -0.25) is 9.69 Å². The fourth-order valence-corrected chi connectivity index (χ4v) is 4.58. The average molecular weight is 403 g/mol. The SMILES string of the molecule is CCCN(CC1CC1)C1(Cc2cccc(Cl)c2)C(=O)Nc2cc(Cl)ccc21. The lowest BCUT2D eigenvalue weighted by Gasteiger charge is -2.40. The molecule has 142 valence electrons. The predicted molar refractivity (Wildman–Crippen MR) is 112 cm³/mol. The van der Waals surface area contributed by atoms with E-state index in [-0.39, 0.29) is 5.91 Å². The molecule has 0 saturated heterocycles. The van der Waals surface area contributed by atoms with Gasteiger partial charge in [-0.25, -0.2) is 0 Å². The van der Waals surface area contributed by atoms with Gasteiger partial charge in [0.2, 0.25) is 5.91 Å². The highest BCUT2D eigenvalue weighted by Crippen LogP contribution is 2.46. The largest absolute Gasteiger partial charge is 0.324 e. The molecule has 0 bridgehead atoms. The van der Waals surface area contributed by atoms with Crippen molar-refractivity contribution in [3.05, 3.63) is 63.6 Å². The van der Waals surface area contributed by atoms with E-state index in [1.807, 2.05) is 36.4 Å². The van der Waals surface area contributed by atoms with Crippen molar-refractivity contribution in [3.8, 4) is 0 Å². The van der Waals surface area contributed by atoms with Crippen molar-refractivity contribution in [2.45, 2.75) is 38.1 Å². The molecule has 1 fully saturated rings. The second-order valence-corrected chi connectivity index (χ2v) is 8.57. The second kappa shape index (κ2) is 7.46. The van der Waals surface area contributed by atoms with Crippen molar-refractivity contribution in [1.29, 1.82) is 0 Å². The molecule has 5 heteroatoms. The van der Waals surface area contributed by atoms with Gasteiger partial charge in [0.15, 0.2) is 0 Å². The Kier molecular flexibility index (Phi) is 5.19. The lowest BCUT2D eigenvalue weighted by Crippen LogP contribution is -2.53. The van der Waals surface area contributed by atoms with Crippen LogP contribution in [0.3, 0.4) is 0 Å². The Hall–Kier alpha value is -1.55. The summed E-state index contributed by atoms with van der Waals surface area (Å²) in [5.74, 6) is 0.728. The third-order valence-corrected chi connectivity index (χ3v) is 6.08. The highest BCUT2D eigenvalue weighted by molar-refractivity contribution is 6.31. The Morgan fingerprint density at radius 1 is 1.15 bits per heavy atom. The number of hydrogen-bond acceptors (Lipinski definition) is 2. The van der Waals surface area contributed by atoms with E-state index in [0.29, 0.717) is 22.4 Å². The van der Waals surface area contributed by atoms with Crippen molar-refractivity contribution in [3.63, 3.8) is 0 Å². The maximum Gasteiger partial charge on any atom is 0.249 e. The number of carbonyl (C=O) groups excluding carboxylic acids is 1. The van der Waals surface area contributed by atoms with Crippen LogP contribution in [0.5, 0.6) is 0 Å². The van der Waals surface area contributed by atoms with Crippen molar-refractivity contribution in [2.24, 2.45) is 5.92 Å². The molecule has 1 aliphatic carbocycles. The minimum atomic E-state index is -0.719. The average Bonchev–Trinajstić information content (AvgIpc) is 3.39. The summed E-state index contributed by atoms with van der Waals surface area (Å²) in [6.07, 6.45) is 4.10. The van der Waals surface area contributed by atoms with Crippen LogP contribution in [0.2, 0.25) is 10.0 Å². The fraction of sp³-hybridized carbons (Fsp3) is 0.409. The second-order valence-electron chi connectivity index (χ2n) is 7.70. The molecule has 1 unspecified atom stereocenters. The van der Waals surface area contributed by atoms with Crippen LogP contribution in [0.15, 0.2) is 42.5 Å². The van der Waals surface area contributed by atoms with E-state index in [2.05, 4.69) is 23.2 Å². The van der Waals surface area contributed by atoms with Crippen LogP contribution in [0, 0.1) is 5.92 Å². The summed E-state index contributed by atoms with van der Waals surface area (Å²) in [6, 6.07) is 13.6. The van der Waals surface area contributed by atoms with Crippen molar-refractivity contribution in [2.75, 3.05) is 18.4 Å². The van der Waals surface area contributed by atoms with Crippen molar-refractivity contribution >= 4 is 34.8 Å². The van der Waals surface area contributed by atoms with Gasteiger partial charge in [0.1, 0.15) is 5.54 Å². The summed E-state index contributed by atoms with van der Waals surface area (Å²) < 4.78 is 0. The molecule has 2 aromatic rings. The van der Waals surface area contributed by atoms with Gasteiger partial charge in [0.25, 0.3) is 0 Å². The minimum Gasteiger partial charge on any atom is -0.324 e. The fourth-order valence-electron chi connectivity index (χ4n) is 4.19. The molecule has 4 rings (SSSR count). The number of benzene rings is 2. The molecule has 2 aromatic carbocycles. The van der Waals surface area contributed by atoms with Crippen LogP contribution in [0.25, 0.3) is 0 Å². The molecule has 1 heterocycles. The van der Waals surface area contributed by atoms with E-state index < -0.39 is 5.54 Å². The summed E-state index contributed by atoms with van der Waals surface area (Å²) in [4.78, 5) is 15.8. The topological polar surface area (TPSA) is 32.3 Å². The van der Waals surface area contributed by atoms with Gasteiger partial charge < -0.3 is 5.32 Å². The minimum absolute atomic E-state index is 0.0360. The molecular formula is C22H24Cl2N2O. The summed E-state index contributed by atoms with van der Waals surface area (Å²) in [6.45, 7) is 4.00. The smallest absolute Gasteiger partial charge is 0.249 e. The normalized spacial score (nSPS) is 21.4. The number of rotatable bonds is 7. The van der Waals surface area contributed by atoms with E-state index in [0.717, 1.165) is 36.3 Å². The summed E-state index contributed by atoms with van der Waals surface area (Å²) in [5.41, 5.74) is 2.19. The monoisotopic (exact) mass is 402 g/mol. The Morgan fingerprint density at radius 3 is 2.63 bits per heavy atom. The number of nitrogens with one attached hydrogen (secondary N) is 1. The summed E-state index contributed by atoms with van der Waals surface area (Å²) in [7, 11) is 0. The van der Waals surface area contributed by atoms with Gasteiger partial charge >= 0.3 is 0 Å². The van der Waals surface area contributed by atoms with Crippen LogP contribution >= 0.6 is 23.2 Å². The molecular weight excluding hydrogens is 379 g/mol. The standard InChI is InChI=1S/C22H24Cl2N2O/c1-2-10-26(14-15-6-7-15)22(13-16-4-3-5-17(23)11-16)19-9-8-18(24)12-20(19)25-21(22)27/h3-5,8-9,11-12,15H,2,6-7,10,13-14H2,1H3,(H,25,27). The number of anilines is 1. The van der Waals surface area contributed by atoms with E-state index in [1.165, 1.54) is 12.8 Å². The predicted octanol–water partition coefficient (Wildman–Crippen LogP) is 5.51. The molecule has 0 spiro atoms. The van der Waals surface area contributed by atoms with Gasteiger partial charge in [-0.15, -0.1) is 0 Å². The number of amides is 1. The van der Waals surface area contributed by atoms with Crippen LogP contribution in [0.1, 0.15) is 37.3 Å². The summed E-state index contributed by atoms with van der Waals surface area (Å²) in [5, 5.41) is 4.43. The zero-order valence-corrected chi connectivity index (χ0v) is 17.0. The lowest BCUT2D eigenvalue weighted by molar-refractivity contribution is -0.128. The third-order valence-electron chi connectivity index (χ3n) is 5.61. The Morgan fingerprint density at radius 2 is 1.93 bits per heavy atom. The van der Waals surface area contributed by atoms with Crippen LogP contribution in [-0.2, 0) is 16.8 Å². The number of fused-ring (bicyclic) bond motifs is 1. The number of halogens is 2. The van der Waals surface area contributed by atoms with Crippen LogP contribution in [-0.4, -0.2) is 23.9 Å².